The van der Waals surface area contributed by atoms with Crippen LogP contribution >= 0.6 is 0 Å². The Kier molecular flexibility index (Phi) is 6.56. The fraction of sp³-hybridized carbons (Fsp3) is 0.364. The average molecular weight is 353 g/mol. The summed E-state index contributed by atoms with van der Waals surface area (Å²) >= 11 is 0. The monoisotopic (exact) mass is 353 g/mol. The Morgan fingerprint density at radius 3 is 2.46 bits per heavy atom. The SMILES string of the molecule is CC[C@H](C)c1ccccc1NC(=O)[C@H](C)OC(=O)c1cc(C)ccc1C. The average Bonchev–Trinajstić information content (AvgIpc) is 2.63. The van der Waals surface area contributed by atoms with Gasteiger partial charge in [-0.05, 0) is 56.4 Å². The zero-order valence-corrected chi connectivity index (χ0v) is 16.1. The summed E-state index contributed by atoms with van der Waals surface area (Å²) < 4.78 is 5.38. The molecule has 2 rings (SSSR count). The maximum absolute atomic E-state index is 12.5. The van der Waals surface area contributed by atoms with E-state index in [-0.39, 0.29) is 5.91 Å². The first-order chi connectivity index (χ1) is 12.3. The van der Waals surface area contributed by atoms with Crippen molar-refractivity contribution >= 4 is 17.6 Å². The van der Waals surface area contributed by atoms with Gasteiger partial charge in [-0.25, -0.2) is 4.79 Å². The summed E-state index contributed by atoms with van der Waals surface area (Å²) in [5.41, 5.74) is 4.14. The fourth-order valence-corrected chi connectivity index (χ4v) is 2.73. The normalized spacial score (nSPS) is 13.0. The minimum atomic E-state index is -0.882. The number of aryl methyl sites for hydroxylation is 2. The second kappa shape index (κ2) is 8.65. The summed E-state index contributed by atoms with van der Waals surface area (Å²) in [6, 6.07) is 13.3. The summed E-state index contributed by atoms with van der Waals surface area (Å²) in [5, 5.41) is 2.89. The van der Waals surface area contributed by atoms with Crippen LogP contribution in [0, 0.1) is 13.8 Å². The Hall–Kier alpha value is -2.62. The lowest BCUT2D eigenvalue weighted by atomic mass is 9.97. The van der Waals surface area contributed by atoms with Gasteiger partial charge in [0.15, 0.2) is 6.10 Å². The van der Waals surface area contributed by atoms with E-state index in [1.54, 1.807) is 13.0 Å². The van der Waals surface area contributed by atoms with Gasteiger partial charge in [-0.1, -0.05) is 49.7 Å². The highest BCUT2D eigenvalue weighted by Crippen LogP contribution is 2.26. The molecule has 4 heteroatoms. The molecule has 26 heavy (non-hydrogen) atoms. The van der Waals surface area contributed by atoms with Crippen LogP contribution in [0.4, 0.5) is 5.69 Å². The minimum Gasteiger partial charge on any atom is -0.449 e. The van der Waals surface area contributed by atoms with Crippen LogP contribution in [0.5, 0.6) is 0 Å². The molecule has 0 heterocycles. The van der Waals surface area contributed by atoms with Gasteiger partial charge in [-0.15, -0.1) is 0 Å². The van der Waals surface area contributed by atoms with E-state index < -0.39 is 12.1 Å². The molecule has 0 aliphatic carbocycles. The van der Waals surface area contributed by atoms with Crippen LogP contribution in [0.3, 0.4) is 0 Å². The van der Waals surface area contributed by atoms with Crippen molar-refractivity contribution < 1.29 is 14.3 Å². The molecule has 0 saturated heterocycles. The van der Waals surface area contributed by atoms with E-state index in [2.05, 4.69) is 19.2 Å². The molecule has 1 N–H and O–H groups in total. The van der Waals surface area contributed by atoms with Crippen LogP contribution in [0.15, 0.2) is 42.5 Å². The summed E-state index contributed by atoms with van der Waals surface area (Å²) in [5.74, 6) is -0.484. The zero-order chi connectivity index (χ0) is 19.3. The van der Waals surface area contributed by atoms with Crippen molar-refractivity contribution in [1.82, 2.24) is 0 Å². The predicted molar refractivity (Wildman–Crippen MR) is 105 cm³/mol. The number of rotatable bonds is 6. The van der Waals surface area contributed by atoms with Crippen LogP contribution in [-0.4, -0.2) is 18.0 Å². The van der Waals surface area contributed by atoms with Gasteiger partial charge < -0.3 is 10.1 Å². The van der Waals surface area contributed by atoms with Crippen molar-refractivity contribution in [3.63, 3.8) is 0 Å². The van der Waals surface area contributed by atoms with Crippen LogP contribution in [0.2, 0.25) is 0 Å². The molecule has 4 nitrogen and oxygen atoms in total. The standard InChI is InChI=1S/C22H27NO3/c1-6-15(3)18-9-7-8-10-20(18)23-21(24)17(5)26-22(25)19-13-14(2)11-12-16(19)4/h7-13,15,17H,6H2,1-5H3,(H,23,24)/t15-,17-/m0/s1. The number of amides is 1. The topological polar surface area (TPSA) is 55.4 Å². The third-order valence-corrected chi connectivity index (χ3v) is 4.63. The number of para-hydroxylation sites is 1. The summed E-state index contributed by atoms with van der Waals surface area (Å²) in [4.78, 5) is 24.9. The number of benzene rings is 2. The number of carbonyl (C=O) groups is 2. The van der Waals surface area contributed by atoms with Crippen LogP contribution in [-0.2, 0) is 9.53 Å². The molecule has 0 aliphatic rings. The quantitative estimate of drug-likeness (QED) is 0.744. The summed E-state index contributed by atoms with van der Waals surface area (Å²) in [7, 11) is 0. The second-order valence-electron chi connectivity index (χ2n) is 6.75. The molecule has 0 radical (unpaired) electrons. The molecule has 0 unspecified atom stereocenters. The molecule has 1 amide bonds. The van der Waals surface area contributed by atoms with Gasteiger partial charge in [-0.3, -0.25) is 4.79 Å². The van der Waals surface area contributed by atoms with E-state index in [1.807, 2.05) is 50.2 Å². The van der Waals surface area contributed by atoms with Gasteiger partial charge in [0.05, 0.1) is 5.56 Å². The van der Waals surface area contributed by atoms with Crippen molar-refractivity contribution in [3.05, 3.63) is 64.7 Å². The second-order valence-corrected chi connectivity index (χ2v) is 6.75. The summed E-state index contributed by atoms with van der Waals surface area (Å²) in [6.07, 6.45) is 0.0942. The first kappa shape index (κ1) is 19.7. The number of esters is 1. The van der Waals surface area contributed by atoms with E-state index in [4.69, 9.17) is 4.74 Å². The first-order valence-electron chi connectivity index (χ1n) is 9.01. The highest BCUT2D eigenvalue weighted by Gasteiger charge is 2.21. The zero-order valence-electron chi connectivity index (χ0n) is 16.1. The molecule has 138 valence electrons. The largest absolute Gasteiger partial charge is 0.449 e. The Balaban J connectivity index is 2.09. The fourth-order valence-electron chi connectivity index (χ4n) is 2.73. The molecular weight excluding hydrogens is 326 g/mol. The first-order valence-corrected chi connectivity index (χ1v) is 9.01. The lowest BCUT2D eigenvalue weighted by molar-refractivity contribution is -0.123. The van der Waals surface area contributed by atoms with E-state index in [1.165, 1.54) is 0 Å². The van der Waals surface area contributed by atoms with Crippen molar-refractivity contribution in [2.75, 3.05) is 5.32 Å². The van der Waals surface area contributed by atoms with Crippen molar-refractivity contribution in [3.8, 4) is 0 Å². The third-order valence-electron chi connectivity index (χ3n) is 4.63. The van der Waals surface area contributed by atoms with Gasteiger partial charge in [0.25, 0.3) is 5.91 Å². The highest BCUT2D eigenvalue weighted by molar-refractivity contribution is 5.98. The van der Waals surface area contributed by atoms with Gasteiger partial charge in [0.1, 0.15) is 0 Å². The molecule has 0 spiro atoms. The van der Waals surface area contributed by atoms with Gasteiger partial charge in [0.2, 0.25) is 0 Å². The number of carbonyl (C=O) groups excluding carboxylic acids is 2. The molecular formula is C22H27NO3. The highest BCUT2D eigenvalue weighted by atomic mass is 16.5. The van der Waals surface area contributed by atoms with Crippen molar-refractivity contribution in [1.29, 1.82) is 0 Å². The Morgan fingerprint density at radius 1 is 1.08 bits per heavy atom. The molecule has 0 aromatic heterocycles. The predicted octanol–water partition coefficient (Wildman–Crippen LogP) is 5.00. The Bertz CT molecular complexity index is 798. The number of ether oxygens (including phenoxy) is 1. The van der Waals surface area contributed by atoms with E-state index in [9.17, 15) is 9.59 Å². The maximum Gasteiger partial charge on any atom is 0.339 e. The minimum absolute atomic E-state index is 0.333. The lowest BCUT2D eigenvalue weighted by Crippen LogP contribution is -2.30. The molecule has 0 aliphatic heterocycles. The molecule has 0 fully saturated rings. The van der Waals surface area contributed by atoms with Gasteiger partial charge >= 0.3 is 5.97 Å². The van der Waals surface area contributed by atoms with Crippen molar-refractivity contribution in [2.24, 2.45) is 0 Å². The smallest absolute Gasteiger partial charge is 0.339 e. The van der Waals surface area contributed by atoms with Crippen LogP contribution in [0.1, 0.15) is 60.2 Å². The van der Waals surface area contributed by atoms with E-state index in [0.717, 1.165) is 28.8 Å². The lowest BCUT2D eigenvalue weighted by Gasteiger charge is -2.18. The van der Waals surface area contributed by atoms with Gasteiger partial charge in [-0.2, -0.15) is 0 Å². The number of nitrogens with one attached hydrogen (secondary N) is 1. The van der Waals surface area contributed by atoms with E-state index in [0.29, 0.717) is 11.5 Å². The Labute approximate surface area is 155 Å². The number of hydrogen-bond acceptors (Lipinski definition) is 3. The van der Waals surface area contributed by atoms with Crippen LogP contribution in [0.25, 0.3) is 0 Å². The van der Waals surface area contributed by atoms with Crippen molar-refractivity contribution in [2.45, 2.75) is 53.1 Å². The van der Waals surface area contributed by atoms with Crippen LogP contribution < -0.4 is 5.32 Å². The third kappa shape index (κ3) is 4.72. The van der Waals surface area contributed by atoms with E-state index >= 15 is 0 Å². The Morgan fingerprint density at radius 2 is 1.77 bits per heavy atom. The van der Waals surface area contributed by atoms with Gasteiger partial charge in [0, 0.05) is 5.69 Å². The maximum atomic E-state index is 12.5. The molecule has 0 bridgehead atoms. The number of hydrogen-bond donors (Lipinski definition) is 1. The number of anilines is 1. The molecule has 2 aromatic rings. The molecule has 2 atom stereocenters. The summed E-state index contributed by atoms with van der Waals surface area (Å²) in [6.45, 7) is 9.58. The molecule has 0 saturated carbocycles. The molecule has 2 aromatic carbocycles.